The molecule has 0 aliphatic heterocycles. The quantitative estimate of drug-likeness (QED) is 0.525. The predicted octanol–water partition coefficient (Wildman–Crippen LogP) is 3.50. The van der Waals surface area contributed by atoms with Gasteiger partial charge >= 0.3 is 0 Å². The minimum Gasteiger partial charge on any atom is -0.493 e. The van der Waals surface area contributed by atoms with Crippen LogP contribution >= 0.6 is 23.1 Å². The Morgan fingerprint density at radius 2 is 2.13 bits per heavy atom. The highest BCUT2D eigenvalue weighted by atomic mass is 32.2. The molecule has 116 valence electrons. The van der Waals surface area contributed by atoms with E-state index in [9.17, 15) is 0 Å². The molecule has 3 rings (SSSR count). The smallest absolute Gasteiger partial charge is 0.208 e. The largest absolute Gasteiger partial charge is 0.493 e. The number of benzene rings is 1. The molecule has 0 spiro atoms. The van der Waals surface area contributed by atoms with E-state index in [4.69, 9.17) is 10.00 Å². The maximum Gasteiger partial charge on any atom is 0.208 e. The van der Waals surface area contributed by atoms with Crippen molar-refractivity contribution in [2.24, 2.45) is 0 Å². The van der Waals surface area contributed by atoms with Gasteiger partial charge in [0.1, 0.15) is 11.6 Å². The molecule has 3 aromatic rings. The summed E-state index contributed by atoms with van der Waals surface area (Å²) in [5.74, 6) is 2.40. The Kier molecular flexibility index (Phi) is 5.29. The standard InChI is InChI=1S/C16H14N4OS2/c17-11-12-3-5-13(6-4-12)21-7-9-23-16-18-15(19-20-16)10-14-2-1-8-22-14/h1-6,8H,7,9-10H2,(H,18,19,20). The third-order valence-electron chi connectivity index (χ3n) is 3.00. The van der Waals surface area contributed by atoms with Crippen LogP contribution in [-0.4, -0.2) is 27.5 Å². The number of ether oxygens (including phenoxy) is 1. The SMILES string of the molecule is N#Cc1ccc(OCCSc2n[nH]c(Cc3cccs3)n2)cc1. The Balaban J connectivity index is 1.42. The third kappa shape index (κ3) is 4.58. The Hall–Kier alpha value is -2.30. The lowest BCUT2D eigenvalue weighted by molar-refractivity contribution is 0.344. The van der Waals surface area contributed by atoms with Crippen molar-refractivity contribution in [2.45, 2.75) is 11.6 Å². The fourth-order valence-electron chi connectivity index (χ4n) is 1.92. The van der Waals surface area contributed by atoms with Crippen molar-refractivity contribution < 1.29 is 4.74 Å². The lowest BCUT2D eigenvalue weighted by Gasteiger charge is -2.04. The summed E-state index contributed by atoms with van der Waals surface area (Å²) in [4.78, 5) is 5.73. The van der Waals surface area contributed by atoms with Crippen molar-refractivity contribution in [3.05, 3.63) is 58.0 Å². The molecule has 0 saturated heterocycles. The first-order valence-electron chi connectivity index (χ1n) is 7.03. The van der Waals surface area contributed by atoms with Crippen molar-refractivity contribution in [3.8, 4) is 11.8 Å². The minimum atomic E-state index is 0.561. The van der Waals surface area contributed by atoms with Crippen molar-refractivity contribution in [1.29, 1.82) is 5.26 Å². The summed E-state index contributed by atoms with van der Waals surface area (Å²) in [6, 6.07) is 13.3. The normalized spacial score (nSPS) is 10.4. The van der Waals surface area contributed by atoms with Crippen LogP contribution in [0, 0.1) is 11.3 Å². The number of nitrogens with one attached hydrogen (secondary N) is 1. The maximum atomic E-state index is 8.74. The van der Waals surface area contributed by atoms with Crippen molar-refractivity contribution in [2.75, 3.05) is 12.4 Å². The maximum absolute atomic E-state index is 8.74. The predicted molar refractivity (Wildman–Crippen MR) is 90.9 cm³/mol. The molecule has 23 heavy (non-hydrogen) atoms. The molecule has 2 aromatic heterocycles. The van der Waals surface area contributed by atoms with Crippen molar-refractivity contribution in [1.82, 2.24) is 15.2 Å². The first-order valence-corrected chi connectivity index (χ1v) is 8.89. The molecule has 5 nitrogen and oxygen atoms in total. The summed E-state index contributed by atoms with van der Waals surface area (Å²) >= 11 is 3.27. The van der Waals surface area contributed by atoms with Crippen LogP contribution in [0.3, 0.4) is 0 Å². The zero-order valence-corrected chi connectivity index (χ0v) is 13.9. The number of thioether (sulfide) groups is 1. The lowest BCUT2D eigenvalue weighted by Crippen LogP contribution is -2.00. The highest BCUT2D eigenvalue weighted by Crippen LogP contribution is 2.17. The molecule has 0 radical (unpaired) electrons. The molecular weight excluding hydrogens is 328 g/mol. The van der Waals surface area contributed by atoms with E-state index in [1.54, 1.807) is 47.4 Å². The van der Waals surface area contributed by atoms with Crippen molar-refractivity contribution in [3.63, 3.8) is 0 Å². The van der Waals surface area contributed by atoms with E-state index >= 15 is 0 Å². The van der Waals surface area contributed by atoms with Crippen LogP contribution in [0.2, 0.25) is 0 Å². The average molecular weight is 342 g/mol. The number of thiophene rings is 1. The number of rotatable bonds is 7. The Morgan fingerprint density at radius 1 is 1.26 bits per heavy atom. The fraction of sp³-hybridized carbons (Fsp3) is 0.188. The number of nitriles is 1. The van der Waals surface area contributed by atoms with Gasteiger partial charge in [0.25, 0.3) is 0 Å². The monoisotopic (exact) mass is 342 g/mol. The first kappa shape index (κ1) is 15.6. The Morgan fingerprint density at radius 3 is 2.87 bits per heavy atom. The summed E-state index contributed by atoms with van der Waals surface area (Å²) < 4.78 is 5.62. The number of hydrogen-bond acceptors (Lipinski definition) is 6. The number of hydrogen-bond donors (Lipinski definition) is 1. The Labute approximate surface area is 142 Å². The van der Waals surface area contributed by atoms with Crippen LogP contribution < -0.4 is 4.74 Å². The van der Waals surface area contributed by atoms with E-state index in [-0.39, 0.29) is 0 Å². The van der Waals surface area contributed by atoms with Gasteiger partial charge in [0.05, 0.1) is 18.2 Å². The van der Waals surface area contributed by atoms with Gasteiger partial charge in [-0.15, -0.1) is 16.4 Å². The van der Waals surface area contributed by atoms with Gasteiger partial charge in [-0.3, -0.25) is 5.10 Å². The van der Waals surface area contributed by atoms with Crippen LogP contribution in [0.15, 0.2) is 46.9 Å². The molecular formula is C16H14N4OS2. The van der Waals surface area contributed by atoms with E-state index < -0.39 is 0 Å². The van der Waals surface area contributed by atoms with Gasteiger partial charge in [0, 0.05) is 17.1 Å². The molecule has 0 amide bonds. The molecule has 7 heteroatoms. The highest BCUT2D eigenvalue weighted by Gasteiger charge is 2.05. The molecule has 2 heterocycles. The van der Waals surface area contributed by atoms with Gasteiger partial charge in [-0.2, -0.15) is 5.26 Å². The molecule has 0 aliphatic rings. The van der Waals surface area contributed by atoms with Gasteiger partial charge in [-0.05, 0) is 35.7 Å². The molecule has 1 N–H and O–H groups in total. The number of nitrogens with zero attached hydrogens (tertiary/aromatic N) is 3. The van der Waals surface area contributed by atoms with E-state index in [1.165, 1.54) is 4.88 Å². The average Bonchev–Trinajstić information content (AvgIpc) is 3.25. The second kappa shape index (κ2) is 7.81. The van der Waals surface area contributed by atoms with Crippen molar-refractivity contribution >= 4 is 23.1 Å². The molecule has 0 aliphatic carbocycles. The van der Waals surface area contributed by atoms with Gasteiger partial charge in [0.15, 0.2) is 0 Å². The zero-order valence-electron chi connectivity index (χ0n) is 12.2. The van der Waals surface area contributed by atoms with Crippen LogP contribution in [0.4, 0.5) is 0 Å². The number of aromatic amines is 1. The summed E-state index contributed by atoms with van der Waals surface area (Å²) in [5.41, 5.74) is 0.630. The summed E-state index contributed by atoms with van der Waals surface area (Å²) in [5, 5.41) is 18.7. The fourth-order valence-corrected chi connectivity index (χ4v) is 3.26. The van der Waals surface area contributed by atoms with E-state index in [1.807, 2.05) is 6.07 Å². The molecule has 1 aromatic carbocycles. The third-order valence-corrected chi connectivity index (χ3v) is 4.69. The van der Waals surface area contributed by atoms with Gasteiger partial charge in [-0.25, -0.2) is 4.98 Å². The van der Waals surface area contributed by atoms with Gasteiger partial charge in [0.2, 0.25) is 5.16 Å². The summed E-state index contributed by atoms with van der Waals surface area (Å²) in [7, 11) is 0. The lowest BCUT2D eigenvalue weighted by atomic mass is 10.2. The van der Waals surface area contributed by atoms with Gasteiger partial charge in [-0.1, -0.05) is 17.8 Å². The van der Waals surface area contributed by atoms with E-state index in [0.717, 1.165) is 28.9 Å². The molecule has 0 atom stereocenters. The molecule has 0 fully saturated rings. The summed E-state index contributed by atoms with van der Waals surface area (Å²) in [6.45, 7) is 0.561. The molecule has 0 saturated carbocycles. The zero-order chi connectivity index (χ0) is 15.9. The minimum absolute atomic E-state index is 0.561. The van der Waals surface area contributed by atoms with E-state index in [0.29, 0.717) is 12.2 Å². The highest BCUT2D eigenvalue weighted by molar-refractivity contribution is 7.99. The molecule has 0 unspecified atom stereocenters. The van der Waals surface area contributed by atoms with Crippen LogP contribution in [-0.2, 0) is 6.42 Å². The molecule has 0 bridgehead atoms. The topological polar surface area (TPSA) is 74.6 Å². The first-order chi connectivity index (χ1) is 11.3. The summed E-state index contributed by atoms with van der Waals surface area (Å²) in [6.07, 6.45) is 0.785. The van der Waals surface area contributed by atoms with Crippen LogP contribution in [0.5, 0.6) is 5.75 Å². The number of aromatic nitrogens is 3. The van der Waals surface area contributed by atoms with Crippen LogP contribution in [0.25, 0.3) is 0 Å². The number of H-pyrrole nitrogens is 1. The Bertz CT molecular complexity index is 775. The van der Waals surface area contributed by atoms with Gasteiger partial charge < -0.3 is 4.74 Å². The van der Waals surface area contributed by atoms with Crippen LogP contribution in [0.1, 0.15) is 16.3 Å². The second-order valence-corrected chi connectivity index (χ2v) is 6.75. The van der Waals surface area contributed by atoms with E-state index in [2.05, 4.69) is 32.7 Å². The second-order valence-electron chi connectivity index (χ2n) is 4.65.